The first-order valence-corrected chi connectivity index (χ1v) is 12.3. The van der Waals surface area contributed by atoms with Crippen LogP contribution in [0.3, 0.4) is 0 Å². The number of halogens is 2. The summed E-state index contributed by atoms with van der Waals surface area (Å²) < 4.78 is 16.4. The van der Waals surface area contributed by atoms with Gasteiger partial charge < -0.3 is 10.2 Å². The highest BCUT2D eigenvalue weighted by Crippen LogP contribution is 2.35. The Hall–Kier alpha value is -3.92. The van der Waals surface area contributed by atoms with E-state index in [1.54, 1.807) is 23.4 Å². The van der Waals surface area contributed by atoms with Crippen LogP contribution in [0.25, 0.3) is 17.0 Å². The van der Waals surface area contributed by atoms with Crippen LogP contribution in [0.4, 0.5) is 10.1 Å². The van der Waals surface area contributed by atoms with Gasteiger partial charge in [0.25, 0.3) is 0 Å². The Bertz CT molecular complexity index is 1430. The van der Waals surface area contributed by atoms with E-state index in [4.69, 9.17) is 11.6 Å². The molecule has 0 saturated heterocycles. The van der Waals surface area contributed by atoms with Crippen LogP contribution in [-0.4, -0.2) is 49.7 Å². The number of nitrogens with zero attached hydrogens (tertiary/aromatic N) is 6. The maximum absolute atomic E-state index is 14.7. The first kappa shape index (κ1) is 24.8. The van der Waals surface area contributed by atoms with Crippen LogP contribution in [0, 0.1) is 11.7 Å². The number of aromatic nitrogens is 4. The minimum atomic E-state index is -0.719. The van der Waals surface area contributed by atoms with Crippen LogP contribution >= 0.6 is 11.6 Å². The van der Waals surface area contributed by atoms with Gasteiger partial charge in [-0.15, -0.1) is 0 Å². The van der Waals surface area contributed by atoms with Gasteiger partial charge in [0.2, 0.25) is 5.91 Å². The van der Waals surface area contributed by atoms with E-state index in [9.17, 15) is 14.0 Å². The zero-order valence-electron chi connectivity index (χ0n) is 20.4. The number of aryl methyl sites for hydroxylation is 1. The Labute approximate surface area is 218 Å². The summed E-state index contributed by atoms with van der Waals surface area (Å²) in [5, 5.41) is 7.26. The number of hydrogen-bond acceptors (Lipinski definition) is 7. The minimum Gasteiger partial charge on any atom is -0.349 e. The zero-order chi connectivity index (χ0) is 26.1. The van der Waals surface area contributed by atoms with E-state index in [1.807, 2.05) is 31.0 Å². The fourth-order valence-electron chi connectivity index (χ4n) is 4.75. The highest BCUT2D eigenvalue weighted by atomic mass is 35.5. The summed E-state index contributed by atoms with van der Waals surface area (Å²) in [4.78, 5) is 40.0. The Morgan fingerprint density at radius 1 is 1.22 bits per heavy atom. The zero-order valence-corrected chi connectivity index (χ0v) is 21.1. The number of nitrogens with one attached hydrogen (secondary N) is 1. The van der Waals surface area contributed by atoms with E-state index in [-0.39, 0.29) is 40.8 Å². The van der Waals surface area contributed by atoms with Gasteiger partial charge in [-0.25, -0.2) is 9.38 Å². The fourth-order valence-corrected chi connectivity index (χ4v) is 4.89. The van der Waals surface area contributed by atoms with Crippen LogP contribution < -0.4 is 5.32 Å². The van der Waals surface area contributed by atoms with Gasteiger partial charge in [0.1, 0.15) is 17.7 Å². The number of amides is 1. The molecule has 5 heterocycles. The van der Waals surface area contributed by atoms with E-state index in [1.165, 1.54) is 12.3 Å². The van der Waals surface area contributed by atoms with Gasteiger partial charge in [0, 0.05) is 43.0 Å². The molecule has 3 aromatic rings. The average Bonchev–Trinajstić information content (AvgIpc) is 3.27. The van der Waals surface area contributed by atoms with E-state index in [0.717, 1.165) is 23.4 Å². The number of fused-ring (bicyclic) bond motifs is 4. The largest absolute Gasteiger partial charge is 0.349 e. The number of pyridine rings is 2. The molecular weight excluding hydrogens is 497 g/mol. The second kappa shape index (κ2) is 10.2. The molecule has 2 atom stereocenters. The van der Waals surface area contributed by atoms with Crippen molar-refractivity contribution in [1.82, 2.24) is 24.6 Å². The summed E-state index contributed by atoms with van der Waals surface area (Å²) in [6.45, 7) is 2.09. The maximum atomic E-state index is 14.7. The molecule has 190 valence electrons. The van der Waals surface area contributed by atoms with Gasteiger partial charge in [-0.1, -0.05) is 24.9 Å². The van der Waals surface area contributed by atoms with Crippen molar-refractivity contribution in [2.45, 2.75) is 32.2 Å². The predicted molar refractivity (Wildman–Crippen MR) is 138 cm³/mol. The SMILES string of the molecule is CC1CCCC(N2C=NC(c3nccc(Cl)c3F)=C(C=O)C2)c2cc(ccn2)-c2c(cnn2C)NC1=O. The average molecular weight is 522 g/mol. The van der Waals surface area contributed by atoms with Gasteiger partial charge in [-0.05, 0) is 31.0 Å². The van der Waals surface area contributed by atoms with Gasteiger partial charge in [0.05, 0.1) is 40.7 Å². The number of rotatable bonds is 3. The molecule has 2 aliphatic rings. The molecule has 2 bridgehead atoms. The molecule has 11 heteroatoms. The number of anilines is 1. The molecule has 0 aromatic carbocycles. The van der Waals surface area contributed by atoms with Gasteiger partial charge in [-0.2, -0.15) is 5.10 Å². The van der Waals surface area contributed by atoms with E-state index in [0.29, 0.717) is 30.4 Å². The Morgan fingerprint density at radius 3 is 2.84 bits per heavy atom. The third kappa shape index (κ3) is 4.76. The number of carbonyl (C=O) groups is 2. The lowest BCUT2D eigenvalue weighted by Crippen LogP contribution is -2.33. The molecule has 0 spiro atoms. The molecule has 0 aliphatic carbocycles. The monoisotopic (exact) mass is 521 g/mol. The molecule has 2 aliphatic heterocycles. The Balaban J connectivity index is 1.54. The van der Waals surface area contributed by atoms with Gasteiger partial charge in [-0.3, -0.25) is 24.2 Å². The standard InChI is InChI=1S/C26H25ClFN7O2/c1-15-4-3-5-21(19-10-16(6-8-29-19)25-20(33-26(15)37)11-32-34(25)2)35-12-17(13-36)23(31-14-35)24-22(28)18(27)7-9-30-24/h6-11,13-15,21H,3-5,12H2,1-2H3,(H,33,37). The first-order valence-electron chi connectivity index (χ1n) is 11.9. The van der Waals surface area contributed by atoms with Crippen LogP contribution in [0.5, 0.6) is 0 Å². The van der Waals surface area contributed by atoms with Crippen molar-refractivity contribution in [1.29, 1.82) is 0 Å². The Kier molecular flexibility index (Phi) is 6.84. The van der Waals surface area contributed by atoms with Crippen molar-refractivity contribution in [3.05, 3.63) is 64.6 Å². The predicted octanol–water partition coefficient (Wildman–Crippen LogP) is 4.42. The van der Waals surface area contributed by atoms with Crippen molar-refractivity contribution < 1.29 is 14.0 Å². The summed E-state index contributed by atoms with van der Waals surface area (Å²) >= 11 is 5.93. The van der Waals surface area contributed by atoms with Crippen LogP contribution in [0.1, 0.15) is 43.6 Å². The highest BCUT2D eigenvalue weighted by molar-refractivity contribution is 6.30. The molecule has 0 radical (unpaired) electrons. The van der Waals surface area contributed by atoms with E-state index >= 15 is 0 Å². The van der Waals surface area contributed by atoms with Gasteiger partial charge in [0.15, 0.2) is 5.82 Å². The molecule has 1 N–H and O–H groups in total. The summed E-state index contributed by atoms with van der Waals surface area (Å²) in [6.07, 6.45) is 9.10. The molecule has 1 amide bonds. The van der Waals surface area contributed by atoms with E-state index < -0.39 is 5.82 Å². The van der Waals surface area contributed by atoms with E-state index in [2.05, 4.69) is 25.4 Å². The second-order valence-electron chi connectivity index (χ2n) is 9.20. The smallest absolute Gasteiger partial charge is 0.227 e. The normalized spacial score (nSPS) is 20.1. The minimum absolute atomic E-state index is 0.0621. The number of carbonyl (C=O) groups excluding carboxylic acids is 2. The van der Waals surface area contributed by atoms with Crippen LogP contribution in [0.15, 0.2) is 47.4 Å². The molecule has 5 rings (SSSR count). The summed E-state index contributed by atoms with van der Waals surface area (Å²) in [5.41, 5.74) is 3.44. The van der Waals surface area contributed by atoms with Gasteiger partial charge >= 0.3 is 0 Å². The summed E-state index contributed by atoms with van der Waals surface area (Å²) in [5.74, 6) is -0.987. The number of aliphatic imine (C=N–C) groups is 1. The lowest BCUT2D eigenvalue weighted by Gasteiger charge is -2.33. The lowest BCUT2D eigenvalue weighted by atomic mass is 9.95. The topological polar surface area (TPSA) is 105 Å². The van der Waals surface area contributed by atoms with Crippen LogP contribution in [-0.2, 0) is 16.6 Å². The van der Waals surface area contributed by atoms with Crippen molar-refractivity contribution in [2.24, 2.45) is 18.0 Å². The molecule has 0 fully saturated rings. The third-order valence-corrected chi connectivity index (χ3v) is 7.05. The summed E-state index contributed by atoms with van der Waals surface area (Å²) in [7, 11) is 1.82. The lowest BCUT2D eigenvalue weighted by molar-refractivity contribution is -0.119. The van der Waals surface area contributed by atoms with Crippen molar-refractivity contribution in [3.8, 4) is 11.3 Å². The molecule has 3 aromatic heterocycles. The fraction of sp³-hybridized carbons (Fsp3) is 0.308. The molecule has 37 heavy (non-hydrogen) atoms. The highest BCUT2D eigenvalue weighted by Gasteiger charge is 2.28. The molecule has 9 nitrogen and oxygen atoms in total. The summed E-state index contributed by atoms with van der Waals surface area (Å²) in [6, 6.07) is 4.95. The molecular formula is C26H25ClFN7O2. The molecule has 0 saturated carbocycles. The second-order valence-corrected chi connectivity index (χ2v) is 9.61. The van der Waals surface area contributed by atoms with Crippen molar-refractivity contribution in [3.63, 3.8) is 0 Å². The number of hydrogen-bond donors (Lipinski definition) is 1. The van der Waals surface area contributed by atoms with Crippen molar-refractivity contribution in [2.75, 3.05) is 11.9 Å². The third-order valence-electron chi connectivity index (χ3n) is 6.76. The first-order chi connectivity index (χ1) is 17.9. The van der Waals surface area contributed by atoms with Crippen molar-refractivity contribution >= 4 is 41.5 Å². The molecule has 2 unspecified atom stereocenters. The Morgan fingerprint density at radius 2 is 2.03 bits per heavy atom. The number of aldehydes is 1. The van der Waals surface area contributed by atoms with Crippen LogP contribution in [0.2, 0.25) is 5.02 Å². The quantitative estimate of drug-likeness (QED) is 0.511. The maximum Gasteiger partial charge on any atom is 0.227 e.